The number of benzene rings is 1. The average molecular weight is 390 g/mol. The van der Waals surface area contributed by atoms with Crippen molar-refractivity contribution in [2.24, 2.45) is 0 Å². The molecule has 1 aromatic carbocycles. The van der Waals surface area contributed by atoms with Crippen LogP contribution in [0.1, 0.15) is 33.4 Å². The highest BCUT2D eigenvalue weighted by Crippen LogP contribution is 2.19. The van der Waals surface area contributed by atoms with Gasteiger partial charge in [0.15, 0.2) is 6.61 Å². The molecule has 0 N–H and O–H groups in total. The third kappa shape index (κ3) is 5.40. The van der Waals surface area contributed by atoms with Gasteiger partial charge < -0.3 is 18.8 Å². The van der Waals surface area contributed by atoms with Gasteiger partial charge >= 0.3 is 11.9 Å². The van der Waals surface area contributed by atoms with E-state index < -0.39 is 35.1 Å². The fourth-order valence-electron chi connectivity index (χ4n) is 2.21. The first-order valence-corrected chi connectivity index (χ1v) is 8.22. The molecule has 2 aromatic rings. The third-order valence-electron chi connectivity index (χ3n) is 3.60. The normalized spacial score (nSPS) is 10.2. The summed E-state index contributed by atoms with van der Waals surface area (Å²) in [4.78, 5) is 47.7. The van der Waals surface area contributed by atoms with Crippen LogP contribution >= 0.6 is 0 Å². The largest absolute Gasteiger partial charge is 0.467 e. The number of hydrogen-bond acceptors (Lipinski definition) is 8. The molecule has 0 bridgehead atoms. The lowest BCUT2D eigenvalue weighted by molar-refractivity contribution is -0.384. The van der Waals surface area contributed by atoms with E-state index in [1.807, 2.05) is 0 Å². The second-order valence-electron chi connectivity index (χ2n) is 5.65. The first-order valence-electron chi connectivity index (χ1n) is 8.22. The van der Waals surface area contributed by atoms with Crippen LogP contribution in [-0.4, -0.2) is 47.9 Å². The summed E-state index contributed by atoms with van der Waals surface area (Å²) in [5.41, 5.74) is -0.873. The Morgan fingerprint density at radius 3 is 2.32 bits per heavy atom. The van der Waals surface area contributed by atoms with Crippen molar-refractivity contribution in [3.63, 3.8) is 0 Å². The molecule has 148 valence electrons. The monoisotopic (exact) mass is 390 g/mol. The van der Waals surface area contributed by atoms with Gasteiger partial charge in [0.25, 0.3) is 11.6 Å². The van der Waals surface area contributed by atoms with Crippen LogP contribution in [0.5, 0.6) is 0 Å². The standard InChI is InChI=1S/C18H18N2O8/c1-3-26-17(22)12-7-13(9-14(8-12)20(24)25)18(23)28-11-16(21)19(2)10-15-5-4-6-27-15/h4-9H,3,10-11H2,1-2H3. The van der Waals surface area contributed by atoms with E-state index in [9.17, 15) is 24.5 Å². The summed E-state index contributed by atoms with van der Waals surface area (Å²) in [6.07, 6.45) is 1.47. The predicted molar refractivity (Wildman–Crippen MR) is 94.5 cm³/mol. The summed E-state index contributed by atoms with van der Waals surface area (Å²) in [5.74, 6) is -1.73. The number of furan rings is 1. The number of carbonyl (C=O) groups is 3. The van der Waals surface area contributed by atoms with Gasteiger partial charge in [-0.2, -0.15) is 0 Å². The van der Waals surface area contributed by atoms with E-state index in [4.69, 9.17) is 13.9 Å². The SMILES string of the molecule is CCOC(=O)c1cc(C(=O)OCC(=O)N(C)Cc2ccco2)cc([N+](=O)[O-])c1. The van der Waals surface area contributed by atoms with Gasteiger partial charge in [0.2, 0.25) is 0 Å². The summed E-state index contributed by atoms with van der Waals surface area (Å²) in [6.45, 7) is 1.26. The van der Waals surface area contributed by atoms with Gasteiger partial charge in [-0.05, 0) is 25.1 Å². The minimum absolute atomic E-state index is 0.0673. The Hall–Kier alpha value is -3.69. The van der Waals surface area contributed by atoms with E-state index in [-0.39, 0.29) is 24.3 Å². The minimum Gasteiger partial charge on any atom is -0.467 e. The van der Waals surface area contributed by atoms with Crippen molar-refractivity contribution in [2.75, 3.05) is 20.3 Å². The maximum atomic E-state index is 12.2. The molecule has 0 spiro atoms. The molecule has 1 heterocycles. The van der Waals surface area contributed by atoms with Crippen molar-refractivity contribution in [3.05, 3.63) is 63.6 Å². The molecule has 10 heteroatoms. The second kappa shape index (κ2) is 9.31. The molecule has 1 amide bonds. The predicted octanol–water partition coefficient (Wildman–Crippen LogP) is 2.18. The van der Waals surface area contributed by atoms with E-state index in [0.717, 1.165) is 18.2 Å². The van der Waals surface area contributed by atoms with Gasteiger partial charge in [0.05, 0.1) is 35.5 Å². The van der Waals surface area contributed by atoms with Gasteiger partial charge in [0, 0.05) is 19.2 Å². The molecule has 0 radical (unpaired) electrons. The molecule has 10 nitrogen and oxygen atoms in total. The minimum atomic E-state index is -0.978. The highest BCUT2D eigenvalue weighted by molar-refractivity contribution is 5.97. The number of amides is 1. The van der Waals surface area contributed by atoms with Gasteiger partial charge in [-0.3, -0.25) is 14.9 Å². The molecule has 1 aromatic heterocycles. The Kier molecular flexibility index (Phi) is 6.85. The van der Waals surface area contributed by atoms with Crippen molar-refractivity contribution < 1.29 is 33.2 Å². The molecule has 0 fully saturated rings. The highest BCUT2D eigenvalue weighted by atomic mass is 16.6. The summed E-state index contributed by atoms with van der Waals surface area (Å²) in [6, 6.07) is 6.44. The number of carbonyl (C=O) groups excluding carboxylic acids is 3. The number of non-ortho nitro benzene ring substituents is 1. The molecular weight excluding hydrogens is 372 g/mol. The van der Waals surface area contributed by atoms with E-state index in [1.165, 1.54) is 18.2 Å². The molecular formula is C18H18N2O8. The fraction of sp³-hybridized carbons (Fsp3) is 0.278. The Bertz CT molecular complexity index is 876. The number of esters is 2. The number of nitrogens with zero attached hydrogens (tertiary/aromatic N) is 2. The lowest BCUT2D eigenvalue weighted by atomic mass is 10.1. The average Bonchev–Trinajstić information content (AvgIpc) is 3.18. The first-order chi connectivity index (χ1) is 13.3. The molecule has 0 saturated heterocycles. The summed E-state index contributed by atoms with van der Waals surface area (Å²) in [5, 5.41) is 11.0. The molecule has 2 rings (SSSR count). The number of ether oxygens (including phenoxy) is 2. The smallest absolute Gasteiger partial charge is 0.338 e. The second-order valence-corrected chi connectivity index (χ2v) is 5.65. The van der Waals surface area contributed by atoms with Gasteiger partial charge in [-0.1, -0.05) is 0 Å². The zero-order valence-electron chi connectivity index (χ0n) is 15.2. The molecule has 0 aliphatic rings. The van der Waals surface area contributed by atoms with Crippen LogP contribution in [-0.2, 0) is 20.8 Å². The van der Waals surface area contributed by atoms with Crippen molar-refractivity contribution in [1.29, 1.82) is 0 Å². The number of rotatable bonds is 8. The quantitative estimate of drug-likeness (QED) is 0.381. The van der Waals surface area contributed by atoms with Gasteiger partial charge in [-0.25, -0.2) is 9.59 Å². The molecule has 0 aliphatic carbocycles. The Morgan fingerprint density at radius 2 is 1.79 bits per heavy atom. The van der Waals surface area contributed by atoms with E-state index in [2.05, 4.69) is 0 Å². The molecule has 0 saturated carbocycles. The third-order valence-corrected chi connectivity index (χ3v) is 3.60. The first kappa shape index (κ1) is 20.6. The van der Waals surface area contributed by atoms with E-state index in [0.29, 0.717) is 5.76 Å². The Labute approximate surface area is 159 Å². The summed E-state index contributed by atoms with van der Waals surface area (Å²) in [7, 11) is 1.50. The highest BCUT2D eigenvalue weighted by Gasteiger charge is 2.21. The molecule has 0 atom stereocenters. The van der Waals surface area contributed by atoms with Crippen LogP contribution in [0.3, 0.4) is 0 Å². The number of nitro benzene ring substituents is 1. The number of likely N-dealkylation sites (N-methyl/N-ethyl adjacent to an activating group) is 1. The van der Waals surface area contributed by atoms with Gasteiger partial charge in [0.1, 0.15) is 5.76 Å². The van der Waals surface area contributed by atoms with Crippen LogP contribution in [0.25, 0.3) is 0 Å². The van der Waals surface area contributed by atoms with Crippen molar-refractivity contribution in [2.45, 2.75) is 13.5 Å². The Balaban J connectivity index is 2.07. The molecule has 0 unspecified atom stereocenters. The zero-order valence-corrected chi connectivity index (χ0v) is 15.2. The lowest BCUT2D eigenvalue weighted by Gasteiger charge is -2.15. The van der Waals surface area contributed by atoms with E-state index >= 15 is 0 Å². The van der Waals surface area contributed by atoms with Crippen LogP contribution in [0.2, 0.25) is 0 Å². The van der Waals surface area contributed by atoms with Crippen molar-refractivity contribution >= 4 is 23.5 Å². The summed E-state index contributed by atoms with van der Waals surface area (Å²) < 4.78 is 14.8. The van der Waals surface area contributed by atoms with Crippen molar-refractivity contribution in [1.82, 2.24) is 4.90 Å². The maximum absolute atomic E-state index is 12.2. The van der Waals surface area contributed by atoms with Gasteiger partial charge in [-0.15, -0.1) is 0 Å². The maximum Gasteiger partial charge on any atom is 0.338 e. The topological polar surface area (TPSA) is 129 Å². The fourth-order valence-corrected chi connectivity index (χ4v) is 2.21. The molecule has 28 heavy (non-hydrogen) atoms. The van der Waals surface area contributed by atoms with Crippen molar-refractivity contribution in [3.8, 4) is 0 Å². The lowest BCUT2D eigenvalue weighted by Crippen LogP contribution is -2.30. The zero-order chi connectivity index (χ0) is 20.7. The number of hydrogen-bond donors (Lipinski definition) is 0. The Morgan fingerprint density at radius 1 is 1.14 bits per heavy atom. The van der Waals surface area contributed by atoms with E-state index in [1.54, 1.807) is 19.1 Å². The summed E-state index contributed by atoms with van der Waals surface area (Å²) >= 11 is 0. The van der Waals surface area contributed by atoms with Crippen LogP contribution in [0.15, 0.2) is 41.0 Å². The van der Waals surface area contributed by atoms with Crippen LogP contribution in [0.4, 0.5) is 5.69 Å². The molecule has 0 aliphatic heterocycles. The number of nitro groups is 1. The van der Waals surface area contributed by atoms with Crippen LogP contribution < -0.4 is 0 Å². The van der Waals surface area contributed by atoms with Crippen LogP contribution in [0, 0.1) is 10.1 Å².